The van der Waals surface area contributed by atoms with Crippen molar-refractivity contribution in [3.8, 4) is 0 Å². The first-order chi connectivity index (χ1) is 9.98. The van der Waals surface area contributed by atoms with E-state index in [2.05, 4.69) is 10.4 Å². The zero-order chi connectivity index (χ0) is 15.0. The van der Waals surface area contributed by atoms with E-state index in [4.69, 9.17) is 0 Å². The highest BCUT2D eigenvalue weighted by atomic mass is 32.2. The van der Waals surface area contributed by atoms with E-state index in [0.717, 1.165) is 19.4 Å². The van der Waals surface area contributed by atoms with Gasteiger partial charge in [-0.15, -0.1) is 0 Å². The van der Waals surface area contributed by atoms with Crippen molar-refractivity contribution in [1.82, 2.24) is 19.4 Å². The fraction of sp³-hybridized carbons (Fsp3) is 0.786. The molecule has 0 saturated heterocycles. The number of nitrogens with zero attached hydrogens (tertiary/aromatic N) is 3. The molecule has 0 amide bonds. The zero-order valence-electron chi connectivity index (χ0n) is 12.7. The Kier molecular flexibility index (Phi) is 4.07. The normalized spacial score (nSPS) is 20.9. The Hall–Kier alpha value is -0.920. The number of nitrogens with one attached hydrogen (secondary N) is 1. The highest BCUT2D eigenvalue weighted by molar-refractivity contribution is 7.89. The van der Waals surface area contributed by atoms with Crippen LogP contribution in [0, 0.1) is 5.92 Å². The van der Waals surface area contributed by atoms with Gasteiger partial charge in [-0.1, -0.05) is 0 Å². The van der Waals surface area contributed by atoms with Gasteiger partial charge in [0.25, 0.3) is 0 Å². The van der Waals surface area contributed by atoms with E-state index in [-0.39, 0.29) is 6.04 Å². The van der Waals surface area contributed by atoms with Crippen LogP contribution >= 0.6 is 0 Å². The summed E-state index contributed by atoms with van der Waals surface area (Å²) in [4.78, 5) is 0.295. The van der Waals surface area contributed by atoms with Crippen molar-refractivity contribution in [2.75, 3.05) is 13.6 Å². The minimum Gasteiger partial charge on any atom is -0.312 e. The Morgan fingerprint density at radius 2 is 2.14 bits per heavy atom. The molecule has 7 heteroatoms. The quantitative estimate of drug-likeness (QED) is 0.779. The molecule has 21 heavy (non-hydrogen) atoms. The van der Waals surface area contributed by atoms with Crippen molar-refractivity contribution >= 4 is 10.0 Å². The summed E-state index contributed by atoms with van der Waals surface area (Å²) in [6.45, 7) is 3.52. The largest absolute Gasteiger partial charge is 0.312 e. The molecule has 1 heterocycles. The van der Waals surface area contributed by atoms with Crippen molar-refractivity contribution in [2.24, 2.45) is 5.92 Å². The molecule has 0 aliphatic heterocycles. The van der Waals surface area contributed by atoms with Crippen molar-refractivity contribution in [3.05, 3.63) is 12.4 Å². The molecule has 118 valence electrons. The number of hydrogen-bond donors (Lipinski definition) is 1. The monoisotopic (exact) mass is 312 g/mol. The van der Waals surface area contributed by atoms with E-state index >= 15 is 0 Å². The Morgan fingerprint density at radius 1 is 1.43 bits per heavy atom. The van der Waals surface area contributed by atoms with Gasteiger partial charge in [-0.2, -0.15) is 9.40 Å². The molecule has 1 aromatic rings. The second-order valence-electron chi connectivity index (χ2n) is 6.27. The van der Waals surface area contributed by atoms with E-state index in [1.165, 1.54) is 23.3 Å². The van der Waals surface area contributed by atoms with E-state index in [9.17, 15) is 8.42 Å². The standard InChI is InChI=1S/C14H24N4O2S/c1-11(12-3-4-12)17(2)21(19,20)14-9-16-18(10-14)8-7-15-13-5-6-13/h9-13,15H,3-8H2,1-2H3. The lowest BCUT2D eigenvalue weighted by Gasteiger charge is -2.23. The lowest BCUT2D eigenvalue weighted by molar-refractivity contribution is 0.357. The third-order valence-corrected chi connectivity index (χ3v) is 6.41. The van der Waals surface area contributed by atoms with Gasteiger partial charge in [0.05, 0.1) is 12.7 Å². The summed E-state index contributed by atoms with van der Waals surface area (Å²) in [6.07, 6.45) is 7.87. The van der Waals surface area contributed by atoms with Crippen LogP contribution in [0.3, 0.4) is 0 Å². The molecule has 2 aliphatic carbocycles. The summed E-state index contributed by atoms with van der Waals surface area (Å²) in [5.74, 6) is 0.516. The van der Waals surface area contributed by atoms with Crippen LogP contribution in [-0.2, 0) is 16.6 Å². The van der Waals surface area contributed by atoms with Crippen LogP contribution in [0.5, 0.6) is 0 Å². The highest BCUT2D eigenvalue weighted by Gasteiger charge is 2.36. The molecule has 3 rings (SSSR count). The third kappa shape index (κ3) is 3.46. The second kappa shape index (κ2) is 5.70. The maximum atomic E-state index is 12.6. The average molecular weight is 312 g/mol. The molecule has 2 saturated carbocycles. The molecule has 1 aromatic heterocycles. The first kappa shape index (κ1) is 15.0. The summed E-state index contributed by atoms with van der Waals surface area (Å²) in [7, 11) is -1.75. The van der Waals surface area contributed by atoms with Crippen molar-refractivity contribution in [3.63, 3.8) is 0 Å². The SMILES string of the molecule is CC(C1CC1)N(C)S(=O)(=O)c1cnn(CCNC2CC2)c1. The van der Waals surface area contributed by atoms with Gasteiger partial charge in [-0.3, -0.25) is 4.68 Å². The molecule has 1 unspecified atom stereocenters. The molecule has 0 bridgehead atoms. The molecule has 0 radical (unpaired) electrons. The second-order valence-corrected chi connectivity index (χ2v) is 8.26. The molecule has 2 aliphatic rings. The molecule has 0 spiro atoms. The van der Waals surface area contributed by atoms with Gasteiger partial charge in [0.1, 0.15) is 4.90 Å². The van der Waals surface area contributed by atoms with Gasteiger partial charge < -0.3 is 5.32 Å². The highest BCUT2D eigenvalue weighted by Crippen LogP contribution is 2.36. The van der Waals surface area contributed by atoms with Crippen LogP contribution in [0.1, 0.15) is 32.6 Å². The van der Waals surface area contributed by atoms with Gasteiger partial charge in [0, 0.05) is 31.9 Å². The van der Waals surface area contributed by atoms with Gasteiger partial charge in [0.2, 0.25) is 10.0 Å². The summed E-state index contributed by atoms with van der Waals surface area (Å²) >= 11 is 0. The molecule has 0 aromatic carbocycles. The fourth-order valence-corrected chi connectivity index (χ4v) is 3.91. The topological polar surface area (TPSA) is 67.2 Å². The summed E-state index contributed by atoms with van der Waals surface area (Å²) < 4.78 is 28.3. The van der Waals surface area contributed by atoms with Gasteiger partial charge in [-0.25, -0.2) is 8.42 Å². The fourth-order valence-electron chi connectivity index (χ4n) is 2.53. The number of sulfonamides is 1. The summed E-state index contributed by atoms with van der Waals surface area (Å²) in [6, 6.07) is 0.726. The van der Waals surface area contributed by atoms with E-state index in [1.807, 2.05) is 6.92 Å². The van der Waals surface area contributed by atoms with Crippen LogP contribution < -0.4 is 5.32 Å². The lowest BCUT2D eigenvalue weighted by Crippen LogP contribution is -2.36. The molecule has 1 atom stereocenters. The molecule has 2 fully saturated rings. The number of rotatable bonds is 8. The van der Waals surface area contributed by atoms with Gasteiger partial charge >= 0.3 is 0 Å². The minimum atomic E-state index is -3.42. The maximum Gasteiger partial charge on any atom is 0.246 e. The lowest BCUT2D eigenvalue weighted by atomic mass is 10.2. The van der Waals surface area contributed by atoms with Crippen molar-refractivity contribution < 1.29 is 8.42 Å². The Balaban J connectivity index is 1.62. The molecular weight excluding hydrogens is 288 g/mol. The van der Waals surface area contributed by atoms with Crippen LogP contribution in [0.25, 0.3) is 0 Å². The Bertz CT molecular complexity index is 590. The van der Waals surface area contributed by atoms with E-state index in [1.54, 1.807) is 17.9 Å². The number of hydrogen-bond acceptors (Lipinski definition) is 4. The predicted molar refractivity (Wildman–Crippen MR) is 80.4 cm³/mol. The smallest absolute Gasteiger partial charge is 0.246 e. The first-order valence-electron chi connectivity index (χ1n) is 7.72. The van der Waals surface area contributed by atoms with Crippen LogP contribution in [0.2, 0.25) is 0 Å². The third-order valence-electron chi connectivity index (χ3n) is 4.52. The predicted octanol–water partition coefficient (Wildman–Crippen LogP) is 1.05. The average Bonchev–Trinajstić information content (AvgIpc) is 3.36. The molecule has 1 N–H and O–H groups in total. The van der Waals surface area contributed by atoms with Crippen molar-refractivity contribution in [1.29, 1.82) is 0 Å². The number of aromatic nitrogens is 2. The summed E-state index contributed by atoms with van der Waals surface area (Å²) in [5, 5.41) is 7.57. The van der Waals surface area contributed by atoms with Gasteiger partial charge in [-0.05, 0) is 38.5 Å². The zero-order valence-corrected chi connectivity index (χ0v) is 13.5. The molecular formula is C14H24N4O2S. The first-order valence-corrected chi connectivity index (χ1v) is 9.16. The molecule has 6 nitrogen and oxygen atoms in total. The van der Waals surface area contributed by atoms with Crippen molar-refractivity contribution in [2.45, 2.75) is 56.1 Å². The van der Waals surface area contributed by atoms with E-state index in [0.29, 0.717) is 23.4 Å². The van der Waals surface area contributed by atoms with Crippen LogP contribution in [0.15, 0.2) is 17.3 Å². The minimum absolute atomic E-state index is 0.0647. The van der Waals surface area contributed by atoms with Gasteiger partial charge in [0.15, 0.2) is 0 Å². The maximum absolute atomic E-state index is 12.6. The van der Waals surface area contributed by atoms with Crippen LogP contribution in [-0.4, -0.2) is 48.2 Å². The van der Waals surface area contributed by atoms with E-state index < -0.39 is 10.0 Å². The summed E-state index contributed by atoms with van der Waals surface area (Å²) in [5.41, 5.74) is 0. The Morgan fingerprint density at radius 3 is 2.76 bits per heavy atom. The Labute approximate surface area is 126 Å². The van der Waals surface area contributed by atoms with Crippen LogP contribution in [0.4, 0.5) is 0 Å².